The number of piperazine rings is 1. The van der Waals surface area contributed by atoms with Gasteiger partial charge < -0.3 is 30.3 Å². The van der Waals surface area contributed by atoms with Gasteiger partial charge in [0.15, 0.2) is 0 Å². The zero-order chi connectivity index (χ0) is 28.8. The normalized spacial score (nSPS) is 17.1. The second-order valence-corrected chi connectivity index (χ2v) is 10.5. The first-order chi connectivity index (χ1) is 19.8. The summed E-state index contributed by atoms with van der Waals surface area (Å²) in [6.45, 7) is 8.78. The van der Waals surface area contributed by atoms with E-state index in [4.69, 9.17) is 9.72 Å². The monoisotopic (exact) mass is 559 g/mol. The molecule has 0 aliphatic carbocycles. The van der Waals surface area contributed by atoms with E-state index in [0.29, 0.717) is 30.3 Å². The molecule has 216 valence electrons. The minimum atomic E-state index is -0.833. The highest BCUT2D eigenvalue weighted by molar-refractivity contribution is 5.88. The summed E-state index contributed by atoms with van der Waals surface area (Å²) in [4.78, 5) is 38.1. The van der Waals surface area contributed by atoms with Crippen molar-refractivity contribution in [2.24, 2.45) is 0 Å². The first kappa shape index (κ1) is 28.2. The molecule has 3 aromatic rings. The van der Waals surface area contributed by atoms with Gasteiger partial charge in [-0.25, -0.2) is 14.8 Å². The molecule has 2 aromatic carbocycles. The standard InChI is InChI=1S/C30H37N7O4/c1-21-31-20-27-28(10-13-36(29(27)32-21)12-5-11-35-14-16-37(17-15-35)30(39)40)34-24-7-4-9-26(19-24)41-25-8-3-6-23(18-25)33-22(2)38/h3-4,6-9,18-20,28,34H,5,10-17H2,1-2H3,(H,33,38)(H,39,40). The maximum absolute atomic E-state index is 11.4. The third kappa shape index (κ3) is 7.43. The smallest absolute Gasteiger partial charge is 0.407 e. The molecule has 1 atom stereocenters. The Morgan fingerprint density at radius 1 is 1.00 bits per heavy atom. The lowest BCUT2D eigenvalue weighted by Gasteiger charge is -2.36. The predicted octanol–water partition coefficient (Wildman–Crippen LogP) is 4.58. The number of anilines is 3. The first-order valence-electron chi connectivity index (χ1n) is 14.0. The first-order valence-corrected chi connectivity index (χ1v) is 14.0. The van der Waals surface area contributed by atoms with Crippen LogP contribution in [0.1, 0.15) is 37.2 Å². The number of benzene rings is 2. The van der Waals surface area contributed by atoms with Crippen LogP contribution in [0.25, 0.3) is 0 Å². The van der Waals surface area contributed by atoms with E-state index in [1.54, 1.807) is 6.07 Å². The zero-order valence-corrected chi connectivity index (χ0v) is 23.5. The van der Waals surface area contributed by atoms with Crippen molar-refractivity contribution < 1.29 is 19.4 Å². The molecule has 1 unspecified atom stereocenters. The number of carbonyl (C=O) groups excluding carboxylic acids is 1. The van der Waals surface area contributed by atoms with Gasteiger partial charge in [0.25, 0.3) is 0 Å². The highest BCUT2D eigenvalue weighted by Gasteiger charge is 2.27. The van der Waals surface area contributed by atoms with Crippen molar-refractivity contribution in [2.45, 2.75) is 32.7 Å². The van der Waals surface area contributed by atoms with Gasteiger partial charge in [0.1, 0.15) is 23.1 Å². The van der Waals surface area contributed by atoms with E-state index >= 15 is 0 Å². The van der Waals surface area contributed by atoms with Crippen molar-refractivity contribution in [1.82, 2.24) is 19.8 Å². The summed E-state index contributed by atoms with van der Waals surface area (Å²) in [6.07, 6.45) is 2.98. The number of nitrogens with one attached hydrogen (secondary N) is 2. The van der Waals surface area contributed by atoms with E-state index in [1.165, 1.54) is 11.8 Å². The number of aryl methyl sites for hydroxylation is 1. The molecule has 41 heavy (non-hydrogen) atoms. The maximum atomic E-state index is 11.4. The van der Waals surface area contributed by atoms with Crippen LogP contribution in [-0.2, 0) is 4.79 Å². The number of hydrogen-bond donors (Lipinski definition) is 3. The van der Waals surface area contributed by atoms with Gasteiger partial charge in [-0.3, -0.25) is 9.69 Å². The fourth-order valence-electron chi connectivity index (χ4n) is 5.36. The molecule has 3 heterocycles. The summed E-state index contributed by atoms with van der Waals surface area (Å²) in [5.41, 5.74) is 2.70. The van der Waals surface area contributed by atoms with Crippen molar-refractivity contribution in [3.63, 3.8) is 0 Å². The molecule has 2 amide bonds. The minimum absolute atomic E-state index is 0.0595. The van der Waals surface area contributed by atoms with Crippen LogP contribution in [0.4, 0.5) is 22.0 Å². The van der Waals surface area contributed by atoms with Crippen LogP contribution in [0.3, 0.4) is 0 Å². The average molecular weight is 560 g/mol. The van der Waals surface area contributed by atoms with Crippen molar-refractivity contribution in [3.8, 4) is 11.5 Å². The number of fused-ring (bicyclic) bond motifs is 1. The Balaban J connectivity index is 1.21. The van der Waals surface area contributed by atoms with E-state index in [2.05, 4.69) is 25.4 Å². The number of carboxylic acid groups (broad SMARTS) is 1. The number of hydrogen-bond acceptors (Lipinski definition) is 8. The third-order valence-electron chi connectivity index (χ3n) is 7.39. The van der Waals surface area contributed by atoms with Gasteiger partial charge in [-0.2, -0.15) is 0 Å². The van der Waals surface area contributed by atoms with Gasteiger partial charge in [0.2, 0.25) is 5.91 Å². The molecule has 11 heteroatoms. The molecule has 1 fully saturated rings. The Kier molecular flexibility index (Phi) is 8.83. The van der Waals surface area contributed by atoms with Crippen LogP contribution in [0.15, 0.2) is 54.7 Å². The molecule has 0 saturated carbocycles. The summed E-state index contributed by atoms with van der Waals surface area (Å²) in [5, 5.41) is 15.6. The summed E-state index contributed by atoms with van der Waals surface area (Å²) in [5.74, 6) is 2.92. The SMILES string of the molecule is CC(=O)Nc1cccc(Oc2cccc(NC3CCN(CCCN4CCN(C(=O)O)CC4)c4nc(C)ncc43)c2)c1. The molecule has 1 saturated heterocycles. The Hall–Kier alpha value is -4.38. The van der Waals surface area contributed by atoms with Gasteiger partial charge in [-0.05, 0) is 50.6 Å². The lowest BCUT2D eigenvalue weighted by atomic mass is 10.00. The molecule has 2 aliphatic rings. The second kappa shape index (κ2) is 12.9. The Bertz CT molecular complexity index is 1380. The maximum Gasteiger partial charge on any atom is 0.407 e. The van der Waals surface area contributed by atoms with Crippen molar-refractivity contribution in [2.75, 3.05) is 61.3 Å². The molecule has 2 aliphatic heterocycles. The molecule has 5 rings (SSSR count). The lowest BCUT2D eigenvalue weighted by Crippen LogP contribution is -2.48. The van der Waals surface area contributed by atoms with E-state index in [1.807, 2.05) is 55.6 Å². The topological polar surface area (TPSA) is 123 Å². The van der Waals surface area contributed by atoms with Crippen molar-refractivity contribution in [1.29, 1.82) is 0 Å². The van der Waals surface area contributed by atoms with Crippen LogP contribution in [0, 0.1) is 6.92 Å². The average Bonchev–Trinajstić information content (AvgIpc) is 2.94. The van der Waals surface area contributed by atoms with Gasteiger partial charge >= 0.3 is 6.09 Å². The fraction of sp³-hybridized carbons (Fsp3) is 0.400. The van der Waals surface area contributed by atoms with Crippen LogP contribution >= 0.6 is 0 Å². The molecule has 0 bridgehead atoms. The Morgan fingerprint density at radius 2 is 1.71 bits per heavy atom. The molecular weight excluding hydrogens is 522 g/mol. The van der Waals surface area contributed by atoms with E-state index in [9.17, 15) is 14.7 Å². The quantitative estimate of drug-likeness (QED) is 0.346. The van der Waals surface area contributed by atoms with E-state index in [0.717, 1.165) is 68.5 Å². The Morgan fingerprint density at radius 3 is 2.41 bits per heavy atom. The van der Waals surface area contributed by atoms with Crippen LogP contribution in [0.2, 0.25) is 0 Å². The molecule has 1 aromatic heterocycles. The highest BCUT2D eigenvalue weighted by Crippen LogP contribution is 2.35. The number of carbonyl (C=O) groups is 2. The number of nitrogens with zero attached hydrogens (tertiary/aromatic N) is 5. The molecule has 3 N–H and O–H groups in total. The summed E-state index contributed by atoms with van der Waals surface area (Å²) >= 11 is 0. The predicted molar refractivity (Wildman–Crippen MR) is 158 cm³/mol. The zero-order valence-electron chi connectivity index (χ0n) is 23.5. The van der Waals surface area contributed by atoms with Crippen molar-refractivity contribution in [3.05, 3.63) is 66.1 Å². The lowest BCUT2D eigenvalue weighted by molar-refractivity contribution is -0.114. The third-order valence-corrected chi connectivity index (χ3v) is 7.39. The van der Waals surface area contributed by atoms with Crippen LogP contribution in [-0.4, -0.2) is 82.7 Å². The van der Waals surface area contributed by atoms with E-state index in [-0.39, 0.29) is 11.9 Å². The second-order valence-electron chi connectivity index (χ2n) is 10.5. The van der Waals surface area contributed by atoms with Gasteiger partial charge in [-0.15, -0.1) is 0 Å². The number of ether oxygens (including phenoxy) is 1. The fourth-order valence-corrected chi connectivity index (χ4v) is 5.36. The summed E-state index contributed by atoms with van der Waals surface area (Å²) in [7, 11) is 0. The minimum Gasteiger partial charge on any atom is -0.465 e. The largest absolute Gasteiger partial charge is 0.465 e. The highest BCUT2D eigenvalue weighted by atomic mass is 16.5. The molecule has 0 spiro atoms. The van der Waals surface area contributed by atoms with Gasteiger partial charge in [0, 0.05) is 81.5 Å². The van der Waals surface area contributed by atoms with Crippen LogP contribution < -0.4 is 20.3 Å². The van der Waals surface area contributed by atoms with E-state index < -0.39 is 6.09 Å². The molecular formula is C30H37N7O4. The van der Waals surface area contributed by atoms with Gasteiger partial charge in [-0.1, -0.05) is 12.1 Å². The molecule has 0 radical (unpaired) electrons. The van der Waals surface area contributed by atoms with Crippen LogP contribution in [0.5, 0.6) is 11.5 Å². The summed E-state index contributed by atoms with van der Waals surface area (Å²) < 4.78 is 6.08. The van der Waals surface area contributed by atoms with Gasteiger partial charge in [0.05, 0.1) is 6.04 Å². The number of aromatic nitrogens is 2. The Labute approximate surface area is 240 Å². The van der Waals surface area contributed by atoms with Crippen molar-refractivity contribution >= 4 is 29.2 Å². The number of rotatable bonds is 9. The number of amides is 2. The molecule has 11 nitrogen and oxygen atoms in total. The summed E-state index contributed by atoms with van der Waals surface area (Å²) in [6, 6.07) is 15.2.